The molecule has 0 radical (unpaired) electrons. The monoisotopic (exact) mass is 248 g/mol. The lowest BCUT2D eigenvalue weighted by atomic mass is 9.98. The van der Waals surface area contributed by atoms with E-state index in [1.807, 2.05) is 49.1 Å². The van der Waals surface area contributed by atoms with Gasteiger partial charge in [0, 0.05) is 0 Å². The van der Waals surface area contributed by atoms with Crippen molar-refractivity contribution in [3.8, 4) is 0 Å². The molecule has 2 rings (SSSR count). The molecule has 4 nitrogen and oxygen atoms in total. The molecule has 4 heteroatoms. The van der Waals surface area contributed by atoms with Gasteiger partial charge in [-0.15, -0.1) is 0 Å². The molecule has 0 bridgehead atoms. The SMILES string of the molecule is C[C@@H]1CO[C@H](c2ccccc2)[C@H](C)N1C(=O)CN. The van der Waals surface area contributed by atoms with Gasteiger partial charge in [-0.3, -0.25) is 4.79 Å². The van der Waals surface area contributed by atoms with Crippen molar-refractivity contribution in [2.45, 2.75) is 32.0 Å². The van der Waals surface area contributed by atoms with Gasteiger partial charge < -0.3 is 15.4 Å². The Hall–Kier alpha value is -1.39. The predicted octanol–water partition coefficient (Wildman–Crippen LogP) is 1.32. The molecule has 1 aromatic carbocycles. The maximum atomic E-state index is 11.9. The van der Waals surface area contributed by atoms with Gasteiger partial charge in [0.05, 0.1) is 25.2 Å². The molecule has 1 amide bonds. The molecule has 1 saturated heterocycles. The summed E-state index contributed by atoms with van der Waals surface area (Å²) in [5.41, 5.74) is 6.58. The van der Waals surface area contributed by atoms with Crippen LogP contribution in [0.2, 0.25) is 0 Å². The van der Waals surface area contributed by atoms with Crippen molar-refractivity contribution >= 4 is 5.91 Å². The van der Waals surface area contributed by atoms with Crippen LogP contribution < -0.4 is 5.73 Å². The van der Waals surface area contributed by atoms with Crippen LogP contribution in [-0.4, -0.2) is 36.0 Å². The number of carbonyl (C=O) groups excluding carboxylic acids is 1. The van der Waals surface area contributed by atoms with Gasteiger partial charge in [0.25, 0.3) is 0 Å². The summed E-state index contributed by atoms with van der Waals surface area (Å²) in [4.78, 5) is 13.8. The molecular formula is C14H20N2O2. The standard InChI is InChI=1S/C14H20N2O2/c1-10-9-18-14(12-6-4-3-5-7-12)11(2)16(10)13(17)8-15/h3-7,10-11,14H,8-9,15H2,1-2H3/t10-,11+,14+/m1/s1. The number of carbonyl (C=O) groups is 1. The molecule has 0 aromatic heterocycles. The molecule has 3 atom stereocenters. The Balaban J connectivity index is 2.22. The fourth-order valence-electron chi connectivity index (χ4n) is 2.61. The highest BCUT2D eigenvalue weighted by atomic mass is 16.5. The number of rotatable bonds is 2. The summed E-state index contributed by atoms with van der Waals surface area (Å²) < 4.78 is 5.88. The number of ether oxygens (including phenoxy) is 1. The minimum absolute atomic E-state index is 0.00667. The zero-order chi connectivity index (χ0) is 13.1. The molecule has 1 fully saturated rings. The first-order valence-corrected chi connectivity index (χ1v) is 6.33. The molecule has 0 saturated carbocycles. The van der Waals surface area contributed by atoms with E-state index in [2.05, 4.69) is 0 Å². The van der Waals surface area contributed by atoms with Gasteiger partial charge in [0.2, 0.25) is 5.91 Å². The van der Waals surface area contributed by atoms with Crippen molar-refractivity contribution in [1.82, 2.24) is 4.90 Å². The van der Waals surface area contributed by atoms with Crippen LogP contribution in [0.1, 0.15) is 25.5 Å². The summed E-state index contributed by atoms with van der Waals surface area (Å²) in [5.74, 6) is -0.0146. The lowest BCUT2D eigenvalue weighted by Gasteiger charge is -2.43. The van der Waals surface area contributed by atoms with Crippen LogP contribution in [0.15, 0.2) is 30.3 Å². The quantitative estimate of drug-likeness (QED) is 0.859. The third kappa shape index (κ3) is 2.40. The van der Waals surface area contributed by atoms with Gasteiger partial charge in [-0.2, -0.15) is 0 Å². The van der Waals surface area contributed by atoms with E-state index in [1.54, 1.807) is 0 Å². The Morgan fingerprint density at radius 3 is 2.67 bits per heavy atom. The Labute approximate surface area is 108 Å². The number of benzene rings is 1. The third-order valence-corrected chi connectivity index (χ3v) is 3.46. The minimum Gasteiger partial charge on any atom is -0.369 e. The number of hydrogen-bond acceptors (Lipinski definition) is 3. The highest BCUT2D eigenvalue weighted by molar-refractivity contribution is 5.78. The zero-order valence-electron chi connectivity index (χ0n) is 10.9. The molecule has 1 aliphatic heterocycles. The molecule has 1 aromatic rings. The highest BCUT2D eigenvalue weighted by Gasteiger charge is 2.36. The van der Waals surface area contributed by atoms with Crippen LogP contribution in [0, 0.1) is 0 Å². The Morgan fingerprint density at radius 2 is 2.06 bits per heavy atom. The summed E-state index contributed by atoms with van der Waals surface area (Å²) in [7, 11) is 0. The number of amides is 1. The van der Waals surface area contributed by atoms with E-state index in [9.17, 15) is 4.79 Å². The normalized spacial score (nSPS) is 28.2. The second kappa shape index (κ2) is 5.50. The van der Waals surface area contributed by atoms with E-state index in [4.69, 9.17) is 10.5 Å². The number of hydrogen-bond donors (Lipinski definition) is 1. The van der Waals surface area contributed by atoms with E-state index in [1.165, 1.54) is 0 Å². The van der Waals surface area contributed by atoms with Crippen LogP contribution >= 0.6 is 0 Å². The first-order chi connectivity index (χ1) is 8.65. The maximum absolute atomic E-state index is 11.9. The van der Waals surface area contributed by atoms with Crippen LogP contribution in [-0.2, 0) is 9.53 Å². The van der Waals surface area contributed by atoms with Crippen molar-refractivity contribution in [3.63, 3.8) is 0 Å². The molecule has 1 heterocycles. The topological polar surface area (TPSA) is 55.6 Å². The van der Waals surface area contributed by atoms with Crippen molar-refractivity contribution in [3.05, 3.63) is 35.9 Å². The minimum atomic E-state index is -0.0714. The van der Waals surface area contributed by atoms with Gasteiger partial charge >= 0.3 is 0 Å². The molecular weight excluding hydrogens is 228 g/mol. The van der Waals surface area contributed by atoms with Crippen LogP contribution in [0.5, 0.6) is 0 Å². The van der Waals surface area contributed by atoms with Crippen molar-refractivity contribution in [2.75, 3.05) is 13.2 Å². The van der Waals surface area contributed by atoms with Crippen LogP contribution in [0.25, 0.3) is 0 Å². The summed E-state index contributed by atoms with van der Waals surface area (Å²) >= 11 is 0. The van der Waals surface area contributed by atoms with Crippen LogP contribution in [0.3, 0.4) is 0 Å². The van der Waals surface area contributed by atoms with Crippen molar-refractivity contribution < 1.29 is 9.53 Å². The van der Waals surface area contributed by atoms with Gasteiger partial charge in [0.15, 0.2) is 0 Å². The highest BCUT2D eigenvalue weighted by Crippen LogP contribution is 2.30. The Kier molecular flexibility index (Phi) is 3.99. The maximum Gasteiger partial charge on any atom is 0.236 e. The fraction of sp³-hybridized carbons (Fsp3) is 0.500. The van der Waals surface area contributed by atoms with E-state index >= 15 is 0 Å². The van der Waals surface area contributed by atoms with E-state index in [-0.39, 0.29) is 30.6 Å². The summed E-state index contributed by atoms with van der Waals surface area (Å²) in [6, 6.07) is 10.1. The van der Waals surface area contributed by atoms with Gasteiger partial charge in [-0.25, -0.2) is 0 Å². The Morgan fingerprint density at radius 1 is 1.39 bits per heavy atom. The smallest absolute Gasteiger partial charge is 0.236 e. The van der Waals surface area contributed by atoms with Gasteiger partial charge in [-0.1, -0.05) is 30.3 Å². The summed E-state index contributed by atoms with van der Waals surface area (Å²) in [6.07, 6.45) is -0.0714. The van der Waals surface area contributed by atoms with Crippen molar-refractivity contribution in [1.29, 1.82) is 0 Å². The molecule has 0 aliphatic carbocycles. The molecule has 98 valence electrons. The first-order valence-electron chi connectivity index (χ1n) is 6.33. The average Bonchev–Trinajstić information content (AvgIpc) is 2.39. The van der Waals surface area contributed by atoms with E-state index in [0.717, 1.165) is 5.56 Å². The summed E-state index contributed by atoms with van der Waals surface area (Å²) in [6.45, 7) is 4.61. The molecule has 0 spiro atoms. The van der Waals surface area contributed by atoms with Crippen LogP contribution in [0.4, 0.5) is 0 Å². The molecule has 0 unspecified atom stereocenters. The molecule has 1 aliphatic rings. The van der Waals surface area contributed by atoms with E-state index in [0.29, 0.717) is 6.61 Å². The zero-order valence-corrected chi connectivity index (χ0v) is 10.9. The van der Waals surface area contributed by atoms with E-state index < -0.39 is 0 Å². The average molecular weight is 248 g/mol. The van der Waals surface area contributed by atoms with Crippen molar-refractivity contribution in [2.24, 2.45) is 5.73 Å². The lowest BCUT2D eigenvalue weighted by molar-refractivity contribution is -0.151. The number of nitrogens with two attached hydrogens (primary N) is 1. The third-order valence-electron chi connectivity index (χ3n) is 3.46. The second-order valence-corrected chi connectivity index (χ2v) is 4.76. The first kappa shape index (κ1) is 13.1. The number of morpholine rings is 1. The lowest BCUT2D eigenvalue weighted by Crippen LogP contribution is -2.55. The summed E-state index contributed by atoms with van der Waals surface area (Å²) in [5, 5.41) is 0. The second-order valence-electron chi connectivity index (χ2n) is 4.76. The van der Waals surface area contributed by atoms with Gasteiger partial charge in [-0.05, 0) is 19.4 Å². The number of nitrogens with zero attached hydrogens (tertiary/aromatic N) is 1. The van der Waals surface area contributed by atoms with Gasteiger partial charge in [0.1, 0.15) is 6.10 Å². The fourth-order valence-corrected chi connectivity index (χ4v) is 2.61. The Bertz CT molecular complexity index is 408. The molecule has 18 heavy (non-hydrogen) atoms. The largest absolute Gasteiger partial charge is 0.369 e. The molecule has 2 N–H and O–H groups in total. The predicted molar refractivity (Wildman–Crippen MR) is 70.0 cm³/mol.